The maximum atomic E-state index is 13.0. The number of carbonyl (C=O) groups excluding carboxylic acids is 2. The number of hydrogen-bond donors (Lipinski definition) is 2. The molecule has 0 aliphatic rings. The molecule has 1 rings (SSSR count). The molecule has 0 bridgehead atoms. The Morgan fingerprint density at radius 3 is 2.20 bits per heavy atom. The zero-order valence-corrected chi connectivity index (χ0v) is 19.3. The Kier molecular flexibility index (Phi) is 10.1. The van der Waals surface area contributed by atoms with Gasteiger partial charge in [-0.25, -0.2) is 13.2 Å². The molecule has 2 N–H and O–H groups in total. The second kappa shape index (κ2) is 11.8. The molecular formula is C20H33N3O6S. The van der Waals surface area contributed by atoms with Gasteiger partial charge >= 0.3 is 6.09 Å². The second-order valence-corrected chi connectivity index (χ2v) is 8.67. The number of anilines is 1. The summed E-state index contributed by atoms with van der Waals surface area (Å²) in [7, 11) is -3.81. The van der Waals surface area contributed by atoms with E-state index in [0.717, 1.165) is 0 Å². The van der Waals surface area contributed by atoms with Gasteiger partial charge in [0.25, 0.3) is 0 Å². The predicted molar refractivity (Wildman–Crippen MR) is 115 cm³/mol. The van der Waals surface area contributed by atoms with Crippen molar-refractivity contribution >= 4 is 27.7 Å². The summed E-state index contributed by atoms with van der Waals surface area (Å²) in [6.45, 7) is 11.6. The molecule has 0 saturated heterocycles. The summed E-state index contributed by atoms with van der Waals surface area (Å²) in [6, 6.07) is 3.60. The predicted octanol–water partition coefficient (Wildman–Crippen LogP) is 2.83. The quantitative estimate of drug-likeness (QED) is 0.544. The molecule has 10 heteroatoms. The highest BCUT2D eigenvalue weighted by Crippen LogP contribution is 2.30. The molecule has 0 spiro atoms. The molecule has 9 nitrogen and oxygen atoms in total. The summed E-state index contributed by atoms with van der Waals surface area (Å²) >= 11 is 0. The molecule has 0 heterocycles. The van der Waals surface area contributed by atoms with Crippen molar-refractivity contribution in [2.45, 2.75) is 52.5 Å². The largest absolute Gasteiger partial charge is 0.492 e. The lowest BCUT2D eigenvalue weighted by atomic mass is 10.0. The molecule has 0 fully saturated rings. The number of alkyl carbamates (subject to hydrolysis) is 1. The molecule has 2 amide bonds. The summed E-state index contributed by atoms with van der Waals surface area (Å²) in [4.78, 5) is 24.5. The number of ether oxygens (including phenoxy) is 2. The fraction of sp³-hybridized carbons (Fsp3) is 0.600. The summed E-state index contributed by atoms with van der Waals surface area (Å²) in [6.07, 6.45) is -0.692. The van der Waals surface area contributed by atoms with Gasteiger partial charge in [0.05, 0.1) is 13.2 Å². The number of benzene rings is 1. The number of nitrogens with one attached hydrogen (secondary N) is 2. The Hall–Kier alpha value is -2.33. The van der Waals surface area contributed by atoms with Gasteiger partial charge < -0.3 is 20.1 Å². The van der Waals surface area contributed by atoms with E-state index in [-0.39, 0.29) is 28.9 Å². The van der Waals surface area contributed by atoms with Crippen LogP contribution >= 0.6 is 0 Å². The van der Waals surface area contributed by atoms with Crippen LogP contribution < -0.4 is 15.4 Å². The zero-order chi connectivity index (χ0) is 22.9. The lowest BCUT2D eigenvalue weighted by Gasteiger charge is -2.23. The van der Waals surface area contributed by atoms with Crippen molar-refractivity contribution in [2.75, 3.05) is 31.6 Å². The van der Waals surface area contributed by atoms with E-state index in [2.05, 4.69) is 10.6 Å². The molecule has 0 saturated carbocycles. The Morgan fingerprint density at radius 2 is 1.70 bits per heavy atom. The Bertz CT molecular complexity index is 822. The van der Waals surface area contributed by atoms with Crippen molar-refractivity contribution in [3.8, 4) is 5.75 Å². The van der Waals surface area contributed by atoms with Crippen LogP contribution in [0, 0.1) is 5.92 Å². The van der Waals surface area contributed by atoms with Crippen LogP contribution in [-0.4, -0.2) is 57.1 Å². The maximum Gasteiger partial charge on any atom is 0.407 e. The molecule has 1 aromatic rings. The van der Waals surface area contributed by atoms with Gasteiger partial charge in [-0.1, -0.05) is 27.7 Å². The molecule has 1 unspecified atom stereocenters. The second-order valence-electron chi connectivity index (χ2n) is 6.76. The van der Waals surface area contributed by atoms with Crippen molar-refractivity contribution < 1.29 is 27.5 Å². The number of rotatable bonds is 11. The fourth-order valence-corrected chi connectivity index (χ4v) is 4.43. The molecule has 30 heavy (non-hydrogen) atoms. The van der Waals surface area contributed by atoms with E-state index >= 15 is 0 Å². The normalized spacial score (nSPS) is 12.5. The van der Waals surface area contributed by atoms with Gasteiger partial charge in [-0.2, -0.15) is 4.31 Å². The van der Waals surface area contributed by atoms with Gasteiger partial charge in [-0.3, -0.25) is 4.79 Å². The molecule has 1 aromatic carbocycles. The Morgan fingerprint density at radius 1 is 1.07 bits per heavy atom. The van der Waals surface area contributed by atoms with E-state index in [0.29, 0.717) is 19.7 Å². The van der Waals surface area contributed by atoms with Crippen LogP contribution in [0.15, 0.2) is 23.1 Å². The standard InChI is InChI=1S/C20H33N3O6S/c1-7-23(8-2)30(26,27)17-13-15(11-12-16(17)28-9-3)21-19(24)18(14(5)6)22-20(25)29-10-4/h11-14,18H,7-10H2,1-6H3,(H,21,24)(H,22,25). The number of carbonyl (C=O) groups is 2. The smallest absolute Gasteiger partial charge is 0.407 e. The zero-order valence-electron chi connectivity index (χ0n) is 18.5. The van der Waals surface area contributed by atoms with E-state index in [1.807, 2.05) is 0 Å². The Labute approximate surface area is 179 Å². The lowest BCUT2D eigenvalue weighted by Crippen LogP contribution is -2.47. The average Bonchev–Trinajstić information content (AvgIpc) is 2.68. The molecule has 170 valence electrons. The van der Waals surface area contributed by atoms with Gasteiger partial charge in [0.15, 0.2) is 0 Å². The number of amides is 2. The van der Waals surface area contributed by atoms with Crippen LogP contribution in [0.1, 0.15) is 41.5 Å². The van der Waals surface area contributed by atoms with Crippen molar-refractivity contribution in [1.29, 1.82) is 0 Å². The summed E-state index contributed by atoms with van der Waals surface area (Å²) in [5.74, 6) is -0.475. The van der Waals surface area contributed by atoms with Crippen LogP contribution in [0.2, 0.25) is 0 Å². The number of hydrogen-bond acceptors (Lipinski definition) is 6. The van der Waals surface area contributed by atoms with E-state index in [1.165, 1.54) is 16.4 Å². The minimum Gasteiger partial charge on any atom is -0.492 e. The molecule has 0 radical (unpaired) electrons. The SMILES string of the molecule is CCOC(=O)NC(C(=O)Nc1ccc(OCC)c(S(=O)(=O)N(CC)CC)c1)C(C)C. The van der Waals surface area contributed by atoms with Gasteiger partial charge in [0, 0.05) is 18.8 Å². The van der Waals surface area contributed by atoms with E-state index in [1.54, 1.807) is 47.6 Å². The topological polar surface area (TPSA) is 114 Å². The van der Waals surface area contributed by atoms with Crippen LogP contribution in [0.5, 0.6) is 5.75 Å². The van der Waals surface area contributed by atoms with E-state index in [9.17, 15) is 18.0 Å². The molecule has 0 aliphatic heterocycles. The first-order valence-corrected chi connectivity index (χ1v) is 11.6. The molecule has 0 aliphatic carbocycles. The van der Waals surface area contributed by atoms with Crippen molar-refractivity contribution in [3.05, 3.63) is 18.2 Å². The third kappa shape index (κ3) is 6.60. The molecule has 0 aromatic heterocycles. The highest BCUT2D eigenvalue weighted by atomic mass is 32.2. The third-order valence-corrected chi connectivity index (χ3v) is 6.40. The minimum absolute atomic E-state index is 0.0229. The summed E-state index contributed by atoms with van der Waals surface area (Å²) < 4.78 is 37.8. The number of nitrogens with zero attached hydrogens (tertiary/aromatic N) is 1. The maximum absolute atomic E-state index is 13.0. The van der Waals surface area contributed by atoms with E-state index in [4.69, 9.17) is 9.47 Å². The lowest BCUT2D eigenvalue weighted by molar-refractivity contribution is -0.119. The van der Waals surface area contributed by atoms with Crippen molar-refractivity contribution in [2.24, 2.45) is 5.92 Å². The minimum atomic E-state index is -3.81. The van der Waals surface area contributed by atoms with Gasteiger partial charge in [-0.15, -0.1) is 0 Å². The monoisotopic (exact) mass is 443 g/mol. The van der Waals surface area contributed by atoms with Gasteiger partial charge in [-0.05, 0) is 38.0 Å². The summed E-state index contributed by atoms with van der Waals surface area (Å²) in [5.41, 5.74) is 0.283. The van der Waals surface area contributed by atoms with Crippen LogP contribution in [0.4, 0.5) is 10.5 Å². The van der Waals surface area contributed by atoms with Gasteiger partial charge in [0.2, 0.25) is 15.9 Å². The molecular weight excluding hydrogens is 410 g/mol. The highest BCUT2D eigenvalue weighted by Gasteiger charge is 2.28. The molecule has 1 atom stereocenters. The van der Waals surface area contributed by atoms with Gasteiger partial charge in [0.1, 0.15) is 16.7 Å². The van der Waals surface area contributed by atoms with Crippen LogP contribution in [-0.2, 0) is 19.6 Å². The third-order valence-electron chi connectivity index (χ3n) is 4.33. The van der Waals surface area contributed by atoms with Crippen LogP contribution in [0.25, 0.3) is 0 Å². The van der Waals surface area contributed by atoms with Crippen molar-refractivity contribution in [1.82, 2.24) is 9.62 Å². The van der Waals surface area contributed by atoms with Crippen molar-refractivity contribution in [3.63, 3.8) is 0 Å². The average molecular weight is 444 g/mol. The van der Waals surface area contributed by atoms with Crippen LogP contribution in [0.3, 0.4) is 0 Å². The Balaban J connectivity index is 3.24. The first kappa shape index (κ1) is 25.7. The fourth-order valence-electron chi connectivity index (χ4n) is 2.82. The number of sulfonamides is 1. The first-order chi connectivity index (χ1) is 14.1. The summed E-state index contributed by atoms with van der Waals surface area (Å²) in [5, 5.41) is 5.21. The first-order valence-electron chi connectivity index (χ1n) is 10.1. The highest BCUT2D eigenvalue weighted by molar-refractivity contribution is 7.89. The van der Waals surface area contributed by atoms with E-state index < -0.39 is 28.1 Å².